The molecular weight excluding hydrogens is 258 g/mol. The summed E-state index contributed by atoms with van der Waals surface area (Å²) in [4.78, 5) is 5.24. The zero-order valence-electron chi connectivity index (χ0n) is 14.6. The third-order valence-electron chi connectivity index (χ3n) is 5.67. The topological polar surface area (TPSA) is 18.5 Å². The average molecular weight is 296 g/mol. The molecule has 1 saturated carbocycles. The van der Waals surface area contributed by atoms with E-state index in [-0.39, 0.29) is 0 Å². The molecule has 2 atom stereocenters. The van der Waals surface area contributed by atoms with Gasteiger partial charge in [-0.25, -0.2) is 0 Å². The van der Waals surface area contributed by atoms with Crippen molar-refractivity contribution in [2.45, 2.75) is 70.9 Å². The van der Waals surface area contributed by atoms with Crippen LogP contribution in [0.3, 0.4) is 0 Å². The van der Waals surface area contributed by atoms with Crippen LogP contribution in [0.2, 0.25) is 0 Å². The van der Waals surface area contributed by atoms with Gasteiger partial charge in [0.25, 0.3) is 0 Å². The van der Waals surface area contributed by atoms with E-state index in [9.17, 15) is 0 Å². The zero-order valence-corrected chi connectivity index (χ0v) is 14.6. The summed E-state index contributed by atoms with van der Waals surface area (Å²) in [7, 11) is 2.31. The number of rotatable bonds is 8. The first-order chi connectivity index (χ1) is 10.2. The highest BCUT2D eigenvalue weighted by atomic mass is 15.2. The SMILES string of the molecule is CCCN1CCCC(C(C)NCCN(C)C2CCCC2)C1. The molecule has 0 bridgehead atoms. The number of hydrogen-bond donors (Lipinski definition) is 1. The lowest BCUT2D eigenvalue weighted by Gasteiger charge is -2.36. The number of likely N-dealkylation sites (tertiary alicyclic amines) is 1. The minimum Gasteiger partial charge on any atom is -0.313 e. The van der Waals surface area contributed by atoms with Gasteiger partial charge >= 0.3 is 0 Å². The summed E-state index contributed by atoms with van der Waals surface area (Å²) < 4.78 is 0. The van der Waals surface area contributed by atoms with Crippen molar-refractivity contribution in [1.82, 2.24) is 15.1 Å². The lowest BCUT2D eigenvalue weighted by Crippen LogP contribution is -2.46. The summed E-state index contributed by atoms with van der Waals surface area (Å²) in [6.45, 7) is 11.0. The van der Waals surface area contributed by atoms with Crippen LogP contribution in [0.15, 0.2) is 0 Å². The normalized spacial score (nSPS) is 26.6. The molecule has 0 amide bonds. The van der Waals surface area contributed by atoms with Crippen LogP contribution in [-0.4, -0.2) is 61.7 Å². The van der Waals surface area contributed by atoms with Crippen LogP contribution in [0, 0.1) is 5.92 Å². The summed E-state index contributed by atoms with van der Waals surface area (Å²) in [5, 5.41) is 3.80. The summed E-state index contributed by atoms with van der Waals surface area (Å²) in [5.74, 6) is 0.849. The smallest absolute Gasteiger partial charge is 0.0107 e. The molecule has 1 aliphatic carbocycles. The number of nitrogens with zero attached hydrogens (tertiary/aromatic N) is 2. The van der Waals surface area contributed by atoms with Gasteiger partial charge in [0.15, 0.2) is 0 Å². The van der Waals surface area contributed by atoms with E-state index < -0.39 is 0 Å². The van der Waals surface area contributed by atoms with Gasteiger partial charge in [0, 0.05) is 31.7 Å². The van der Waals surface area contributed by atoms with Gasteiger partial charge in [-0.3, -0.25) is 0 Å². The van der Waals surface area contributed by atoms with Crippen LogP contribution in [0.1, 0.15) is 58.8 Å². The van der Waals surface area contributed by atoms with Crippen molar-refractivity contribution in [2.24, 2.45) is 5.92 Å². The van der Waals surface area contributed by atoms with Crippen molar-refractivity contribution in [1.29, 1.82) is 0 Å². The number of nitrogens with one attached hydrogen (secondary N) is 1. The lowest BCUT2D eigenvalue weighted by molar-refractivity contribution is 0.148. The molecule has 1 saturated heterocycles. The first kappa shape index (κ1) is 17.2. The highest BCUT2D eigenvalue weighted by Crippen LogP contribution is 2.22. The molecule has 3 nitrogen and oxygen atoms in total. The molecule has 0 aromatic rings. The Hall–Kier alpha value is -0.120. The molecule has 1 N–H and O–H groups in total. The zero-order chi connectivity index (χ0) is 15.1. The predicted molar refractivity (Wildman–Crippen MR) is 91.8 cm³/mol. The second kappa shape index (κ2) is 9.12. The first-order valence-electron chi connectivity index (χ1n) is 9.36. The van der Waals surface area contributed by atoms with Crippen molar-refractivity contribution in [2.75, 3.05) is 39.8 Å². The highest BCUT2D eigenvalue weighted by Gasteiger charge is 2.24. The van der Waals surface area contributed by atoms with Gasteiger partial charge in [0.1, 0.15) is 0 Å². The molecule has 21 heavy (non-hydrogen) atoms. The maximum atomic E-state index is 3.80. The summed E-state index contributed by atoms with van der Waals surface area (Å²) in [6, 6.07) is 1.53. The third kappa shape index (κ3) is 5.54. The van der Waals surface area contributed by atoms with Crippen molar-refractivity contribution in [3.8, 4) is 0 Å². The molecular formula is C18H37N3. The van der Waals surface area contributed by atoms with Crippen molar-refractivity contribution in [3.63, 3.8) is 0 Å². The fourth-order valence-electron chi connectivity index (χ4n) is 4.18. The molecule has 1 aliphatic heterocycles. The molecule has 0 aromatic carbocycles. The van der Waals surface area contributed by atoms with E-state index in [0.29, 0.717) is 6.04 Å². The molecule has 2 unspecified atom stereocenters. The average Bonchev–Trinajstić information content (AvgIpc) is 3.02. The predicted octanol–water partition coefficient (Wildman–Crippen LogP) is 2.96. The van der Waals surface area contributed by atoms with Gasteiger partial charge in [-0.2, -0.15) is 0 Å². The Morgan fingerprint density at radius 2 is 1.95 bits per heavy atom. The Labute approximate surface area is 132 Å². The van der Waals surface area contributed by atoms with Gasteiger partial charge in [0.2, 0.25) is 0 Å². The van der Waals surface area contributed by atoms with Crippen LogP contribution < -0.4 is 5.32 Å². The Bertz CT molecular complexity index is 274. The van der Waals surface area contributed by atoms with E-state index in [1.807, 2.05) is 0 Å². The molecule has 0 aromatic heterocycles. The van der Waals surface area contributed by atoms with E-state index >= 15 is 0 Å². The molecule has 2 fully saturated rings. The maximum Gasteiger partial charge on any atom is 0.0107 e. The molecule has 1 heterocycles. The van der Waals surface area contributed by atoms with E-state index in [2.05, 4.69) is 36.0 Å². The monoisotopic (exact) mass is 295 g/mol. The van der Waals surface area contributed by atoms with Gasteiger partial charge < -0.3 is 15.1 Å². The van der Waals surface area contributed by atoms with Crippen LogP contribution in [0.25, 0.3) is 0 Å². The van der Waals surface area contributed by atoms with E-state index in [1.54, 1.807) is 0 Å². The Morgan fingerprint density at radius 3 is 2.67 bits per heavy atom. The van der Waals surface area contributed by atoms with Crippen molar-refractivity contribution >= 4 is 0 Å². The van der Waals surface area contributed by atoms with Crippen molar-refractivity contribution in [3.05, 3.63) is 0 Å². The Kier molecular flexibility index (Phi) is 7.48. The third-order valence-corrected chi connectivity index (χ3v) is 5.67. The minimum atomic E-state index is 0.668. The fraction of sp³-hybridized carbons (Fsp3) is 1.00. The van der Waals surface area contributed by atoms with Gasteiger partial charge in [-0.05, 0) is 65.1 Å². The van der Waals surface area contributed by atoms with Crippen LogP contribution in [-0.2, 0) is 0 Å². The molecule has 2 aliphatic rings. The lowest BCUT2D eigenvalue weighted by atomic mass is 9.91. The maximum absolute atomic E-state index is 3.80. The van der Waals surface area contributed by atoms with E-state index in [4.69, 9.17) is 0 Å². The fourth-order valence-corrected chi connectivity index (χ4v) is 4.18. The van der Waals surface area contributed by atoms with Gasteiger partial charge in [-0.15, -0.1) is 0 Å². The molecule has 2 rings (SSSR count). The van der Waals surface area contributed by atoms with Crippen LogP contribution in [0.4, 0.5) is 0 Å². The molecule has 0 radical (unpaired) electrons. The second-order valence-corrected chi connectivity index (χ2v) is 7.36. The van der Waals surface area contributed by atoms with E-state index in [1.165, 1.54) is 71.1 Å². The minimum absolute atomic E-state index is 0.668. The van der Waals surface area contributed by atoms with Gasteiger partial charge in [0.05, 0.1) is 0 Å². The van der Waals surface area contributed by atoms with Crippen molar-refractivity contribution < 1.29 is 0 Å². The van der Waals surface area contributed by atoms with Crippen LogP contribution in [0.5, 0.6) is 0 Å². The first-order valence-corrected chi connectivity index (χ1v) is 9.36. The van der Waals surface area contributed by atoms with Crippen LogP contribution >= 0.6 is 0 Å². The Balaban J connectivity index is 1.63. The quantitative estimate of drug-likeness (QED) is 0.743. The number of likely N-dealkylation sites (N-methyl/N-ethyl adjacent to an activating group) is 1. The Morgan fingerprint density at radius 1 is 1.19 bits per heavy atom. The van der Waals surface area contributed by atoms with Gasteiger partial charge in [-0.1, -0.05) is 19.8 Å². The second-order valence-electron chi connectivity index (χ2n) is 7.36. The standard InChI is InChI=1S/C18H37N3/c1-4-12-21-13-7-8-17(15-21)16(2)19-11-14-20(3)18-9-5-6-10-18/h16-19H,4-15H2,1-3H3. The largest absolute Gasteiger partial charge is 0.313 e. The summed E-state index contributed by atoms with van der Waals surface area (Å²) in [5.41, 5.74) is 0. The number of piperidine rings is 1. The molecule has 0 spiro atoms. The van der Waals surface area contributed by atoms with E-state index in [0.717, 1.165) is 18.5 Å². The summed E-state index contributed by atoms with van der Waals surface area (Å²) >= 11 is 0. The molecule has 3 heteroatoms. The molecule has 124 valence electrons. The summed E-state index contributed by atoms with van der Waals surface area (Å²) in [6.07, 6.45) is 9.80. The number of hydrogen-bond acceptors (Lipinski definition) is 3. The highest BCUT2D eigenvalue weighted by molar-refractivity contribution is 4.81.